The lowest BCUT2D eigenvalue weighted by Crippen LogP contribution is -2.28. The monoisotopic (exact) mass is 291 g/mol. The molecule has 0 saturated carbocycles. The molecule has 0 unspecified atom stereocenters. The van der Waals surface area contributed by atoms with Crippen molar-refractivity contribution in [3.8, 4) is 0 Å². The number of aryl methyl sites for hydroxylation is 1. The van der Waals surface area contributed by atoms with Gasteiger partial charge < -0.3 is 10.6 Å². The summed E-state index contributed by atoms with van der Waals surface area (Å²) in [6.45, 7) is 2.53. The number of aromatic nitrogens is 1. The molecule has 3 rings (SSSR count). The number of carbonyl (C=O) groups excluding carboxylic acids is 1. The highest BCUT2D eigenvalue weighted by atomic mass is 16.2. The molecule has 2 aromatic carbocycles. The molecular formula is C18H17N3O. The van der Waals surface area contributed by atoms with Crippen molar-refractivity contribution in [1.82, 2.24) is 10.3 Å². The van der Waals surface area contributed by atoms with Gasteiger partial charge in [0, 0.05) is 18.1 Å². The Hall–Kier alpha value is -2.88. The highest BCUT2D eigenvalue weighted by molar-refractivity contribution is 5.99. The number of pyridine rings is 1. The maximum absolute atomic E-state index is 12.1. The maximum atomic E-state index is 12.1. The second kappa shape index (κ2) is 6.26. The highest BCUT2D eigenvalue weighted by Crippen LogP contribution is 2.20. The number of benzene rings is 2. The molecule has 0 radical (unpaired) electrons. The first-order chi connectivity index (χ1) is 10.7. The molecule has 0 saturated heterocycles. The molecule has 0 aliphatic heterocycles. The summed E-state index contributed by atoms with van der Waals surface area (Å²) in [5.41, 5.74) is 3.76. The number of fused-ring (bicyclic) bond motifs is 1. The standard InChI is InChI=1S/C18H17N3O/c1-13-6-2-3-7-15(13)12-20-18(22)21-16-10-4-8-14-9-5-11-19-17(14)16/h2-11H,12H2,1H3,(H2,20,21,22). The van der Waals surface area contributed by atoms with Crippen molar-refractivity contribution in [3.05, 3.63) is 71.9 Å². The summed E-state index contributed by atoms with van der Waals surface area (Å²) in [5.74, 6) is 0. The van der Waals surface area contributed by atoms with Crippen LogP contribution in [-0.4, -0.2) is 11.0 Å². The predicted octanol–water partition coefficient (Wildman–Crippen LogP) is 3.86. The van der Waals surface area contributed by atoms with Gasteiger partial charge in [-0.1, -0.05) is 42.5 Å². The number of hydrogen-bond donors (Lipinski definition) is 2. The minimum atomic E-state index is -0.235. The molecule has 0 atom stereocenters. The molecule has 0 spiro atoms. The number of hydrogen-bond acceptors (Lipinski definition) is 2. The zero-order chi connectivity index (χ0) is 15.4. The first-order valence-corrected chi connectivity index (χ1v) is 7.17. The van der Waals surface area contributed by atoms with Gasteiger partial charge in [-0.05, 0) is 30.2 Å². The Morgan fingerprint density at radius 2 is 1.86 bits per heavy atom. The number of nitrogens with one attached hydrogen (secondary N) is 2. The first kappa shape index (κ1) is 14.1. The second-order valence-electron chi connectivity index (χ2n) is 5.11. The third kappa shape index (κ3) is 3.06. The number of para-hydroxylation sites is 1. The molecule has 2 amide bonds. The molecule has 110 valence electrons. The van der Waals surface area contributed by atoms with Crippen molar-refractivity contribution in [2.75, 3.05) is 5.32 Å². The lowest BCUT2D eigenvalue weighted by atomic mass is 10.1. The Labute approximate surface area is 129 Å². The van der Waals surface area contributed by atoms with Crippen molar-refractivity contribution in [1.29, 1.82) is 0 Å². The zero-order valence-corrected chi connectivity index (χ0v) is 12.3. The van der Waals surface area contributed by atoms with Gasteiger partial charge in [0.15, 0.2) is 0 Å². The van der Waals surface area contributed by atoms with Crippen molar-refractivity contribution in [2.45, 2.75) is 13.5 Å². The zero-order valence-electron chi connectivity index (χ0n) is 12.3. The van der Waals surface area contributed by atoms with E-state index in [1.165, 1.54) is 0 Å². The molecule has 4 nitrogen and oxygen atoms in total. The van der Waals surface area contributed by atoms with E-state index in [4.69, 9.17) is 0 Å². The van der Waals surface area contributed by atoms with Crippen LogP contribution in [0, 0.1) is 6.92 Å². The van der Waals surface area contributed by atoms with Crippen molar-refractivity contribution < 1.29 is 4.79 Å². The predicted molar refractivity (Wildman–Crippen MR) is 88.8 cm³/mol. The number of rotatable bonds is 3. The fourth-order valence-corrected chi connectivity index (χ4v) is 2.36. The smallest absolute Gasteiger partial charge is 0.319 e. The lowest BCUT2D eigenvalue weighted by molar-refractivity contribution is 0.252. The van der Waals surface area contributed by atoms with Crippen LogP contribution in [0.1, 0.15) is 11.1 Å². The van der Waals surface area contributed by atoms with E-state index in [0.29, 0.717) is 12.2 Å². The van der Waals surface area contributed by atoms with Gasteiger partial charge in [0.2, 0.25) is 0 Å². The number of urea groups is 1. The molecule has 0 bridgehead atoms. The van der Waals surface area contributed by atoms with Gasteiger partial charge in [0.25, 0.3) is 0 Å². The van der Waals surface area contributed by atoms with Gasteiger partial charge >= 0.3 is 6.03 Å². The van der Waals surface area contributed by atoms with Crippen LogP contribution in [0.15, 0.2) is 60.8 Å². The van der Waals surface area contributed by atoms with Crippen LogP contribution < -0.4 is 10.6 Å². The van der Waals surface area contributed by atoms with E-state index in [2.05, 4.69) is 15.6 Å². The number of amides is 2. The Morgan fingerprint density at radius 1 is 1.05 bits per heavy atom. The highest BCUT2D eigenvalue weighted by Gasteiger charge is 2.06. The Kier molecular flexibility index (Phi) is 4.01. The van der Waals surface area contributed by atoms with Crippen LogP contribution in [-0.2, 0) is 6.54 Å². The van der Waals surface area contributed by atoms with Crippen molar-refractivity contribution in [2.24, 2.45) is 0 Å². The molecule has 1 aromatic heterocycles. The molecule has 22 heavy (non-hydrogen) atoms. The van der Waals surface area contributed by atoms with E-state index >= 15 is 0 Å². The Morgan fingerprint density at radius 3 is 2.73 bits per heavy atom. The summed E-state index contributed by atoms with van der Waals surface area (Å²) in [5, 5.41) is 6.74. The second-order valence-corrected chi connectivity index (χ2v) is 5.11. The third-order valence-electron chi connectivity index (χ3n) is 3.58. The minimum Gasteiger partial charge on any atom is -0.334 e. The molecule has 3 aromatic rings. The van der Waals surface area contributed by atoms with Gasteiger partial charge in [0.1, 0.15) is 0 Å². The van der Waals surface area contributed by atoms with E-state index in [1.54, 1.807) is 6.20 Å². The minimum absolute atomic E-state index is 0.235. The van der Waals surface area contributed by atoms with Crippen LogP contribution in [0.25, 0.3) is 10.9 Å². The van der Waals surface area contributed by atoms with Crippen LogP contribution >= 0.6 is 0 Å². The molecule has 4 heteroatoms. The fraction of sp³-hybridized carbons (Fsp3) is 0.111. The molecule has 2 N–H and O–H groups in total. The van der Waals surface area contributed by atoms with E-state index in [-0.39, 0.29) is 6.03 Å². The molecular weight excluding hydrogens is 274 g/mol. The van der Waals surface area contributed by atoms with Gasteiger partial charge in [-0.2, -0.15) is 0 Å². The molecule has 0 fully saturated rings. The summed E-state index contributed by atoms with van der Waals surface area (Å²) in [7, 11) is 0. The topological polar surface area (TPSA) is 54.0 Å². The Balaban J connectivity index is 1.70. The first-order valence-electron chi connectivity index (χ1n) is 7.17. The Bertz CT molecular complexity index is 809. The lowest BCUT2D eigenvalue weighted by Gasteiger charge is -2.10. The van der Waals surface area contributed by atoms with Crippen LogP contribution in [0.3, 0.4) is 0 Å². The van der Waals surface area contributed by atoms with Crippen LogP contribution in [0.5, 0.6) is 0 Å². The average molecular weight is 291 g/mol. The quantitative estimate of drug-likeness (QED) is 0.769. The van der Waals surface area contributed by atoms with Gasteiger partial charge in [-0.3, -0.25) is 4.98 Å². The van der Waals surface area contributed by atoms with E-state index in [0.717, 1.165) is 22.0 Å². The van der Waals surface area contributed by atoms with Crippen LogP contribution in [0.2, 0.25) is 0 Å². The largest absolute Gasteiger partial charge is 0.334 e. The maximum Gasteiger partial charge on any atom is 0.319 e. The van der Waals surface area contributed by atoms with Crippen molar-refractivity contribution in [3.63, 3.8) is 0 Å². The number of anilines is 1. The normalized spacial score (nSPS) is 10.4. The summed E-state index contributed by atoms with van der Waals surface area (Å²) in [4.78, 5) is 16.4. The summed E-state index contributed by atoms with van der Waals surface area (Å²) < 4.78 is 0. The SMILES string of the molecule is Cc1ccccc1CNC(=O)Nc1cccc2cccnc12. The third-order valence-corrected chi connectivity index (χ3v) is 3.58. The summed E-state index contributed by atoms with van der Waals surface area (Å²) in [6.07, 6.45) is 1.72. The van der Waals surface area contributed by atoms with Gasteiger partial charge in [0.05, 0.1) is 11.2 Å². The van der Waals surface area contributed by atoms with Gasteiger partial charge in [-0.25, -0.2) is 4.79 Å². The van der Waals surface area contributed by atoms with Gasteiger partial charge in [-0.15, -0.1) is 0 Å². The summed E-state index contributed by atoms with van der Waals surface area (Å²) in [6, 6.07) is 17.3. The average Bonchev–Trinajstić information content (AvgIpc) is 2.54. The van der Waals surface area contributed by atoms with Crippen molar-refractivity contribution >= 4 is 22.6 Å². The molecule has 1 heterocycles. The number of carbonyl (C=O) groups is 1. The van der Waals surface area contributed by atoms with E-state index in [1.807, 2.05) is 61.5 Å². The van der Waals surface area contributed by atoms with E-state index in [9.17, 15) is 4.79 Å². The summed E-state index contributed by atoms with van der Waals surface area (Å²) >= 11 is 0. The van der Waals surface area contributed by atoms with E-state index < -0.39 is 0 Å². The number of nitrogens with zero attached hydrogens (tertiary/aromatic N) is 1. The molecule has 0 aliphatic rings. The fourth-order valence-electron chi connectivity index (χ4n) is 2.36. The van der Waals surface area contributed by atoms with Crippen LogP contribution in [0.4, 0.5) is 10.5 Å². The molecule has 0 aliphatic carbocycles.